The second kappa shape index (κ2) is 8.86. The van der Waals surface area contributed by atoms with Crippen LogP contribution >= 0.6 is 0 Å². The molecule has 0 radical (unpaired) electrons. The largest absolute Gasteiger partial charge is 0.480 e. The molecule has 1 atom stereocenters. The molecule has 0 saturated heterocycles. The first-order chi connectivity index (χ1) is 11.7. The predicted octanol–water partition coefficient (Wildman–Crippen LogP) is 4.05. The maximum Gasteiger partial charge on any atom is 0.329 e. The Morgan fingerprint density at radius 2 is 1.41 bits per heavy atom. The third kappa shape index (κ3) is 8.56. The monoisotopic (exact) mass is 420 g/mol. The van der Waals surface area contributed by atoms with E-state index in [0.717, 1.165) is 0 Å². The molecular weight excluding hydrogens is 380 g/mol. The molecule has 0 aliphatic heterocycles. The van der Waals surface area contributed by atoms with Crippen LogP contribution in [-0.2, 0) is 18.8 Å². The van der Waals surface area contributed by atoms with Crippen LogP contribution in [0.1, 0.15) is 47.5 Å². The van der Waals surface area contributed by atoms with Gasteiger partial charge in [0, 0.05) is 5.41 Å². The van der Waals surface area contributed by atoms with Gasteiger partial charge in [-0.25, -0.2) is 4.79 Å². The molecule has 6 nitrogen and oxygen atoms in total. The third-order valence-corrected chi connectivity index (χ3v) is 9.53. The molecule has 0 aromatic rings. The quantitative estimate of drug-likeness (QED) is 0.490. The second-order valence-electron chi connectivity index (χ2n) is 10.6. The highest BCUT2D eigenvalue weighted by Gasteiger charge is 2.49. The number of ether oxygens (including phenoxy) is 1. The molecule has 0 amide bonds. The van der Waals surface area contributed by atoms with E-state index in [4.69, 9.17) is 14.3 Å². The molecule has 27 heavy (non-hydrogen) atoms. The van der Waals surface area contributed by atoms with Crippen molar-refractivity contribution in [2.75, 3.05) is 13.2 Å². The lowest BCUT2D eigenvalue weighted by molar-refractivity contribution is -0.156. The number of carboxylic acids is 1. The Morgan fingerprint density at radius 3 is 1.74 bits per heavy atom. The number of hydrogen-bond acceptors (Lipinski definition) is 5. The molecule has 0 aromatic heterocycles. The van der Waals surface area contributed by atoms with E-state index in [1.807, 2.05) is 67.4 Å². The molecule has 0 rings (SSSR count). The third-order valence-electron chi connectivity index (χ3n) is 4.97. The standard InChI is InChI=1S/C19H40O6Si2/c1-17(2,3)16(22)19(25-26(6,7)8,14-24-13-15(20)21)12-11-18(4,5)27(9,10)23/h23H,11-14H2,1-10H3,(H,20,21). The number of Topliss-reactive ketones (excluding diaryl/α,β-unsaturated/α-hetero) is 1. The Balaban J connectivity index is 5.95. The molecule has 8 heteroatoms. The van der Waals surface area contributed by atoms with Crippen molar-refractivity contribution in [3.63, 3.8) is 0 Å². The van der Waals surface area contributed by atoms with Crippen molar-refractivity contribution in [2.45, 2.75) is 90.8 Å². The highest BCUT2D eigenvalue weighted by atomic mass is 28.4. The zero-order chi connectivity index (χ0) is 21.9. The van der Waals surface area contributed by atoms with Gasteiger partial charge in [0.15, 0.2) is 22.4 Å². The van der Waals surface area contributed by atoms with Crippen LogP contribution < -0.4 is 0 Å². The van der Waals surface area contributed by atoms with E-state index in [1.165, 1.54) is 0 Å². The fraction of sp³-hybridized carbons (Fsp3) is 0.895. The molecule has 0 fully saturated rings. The second-order valence-corrected chi connectivity index (χ2v) is 19.5. The maximum atomic E-state index is 13.4. The molecule has 0 heterocycles. The minimum atomic E-state index is -2.46. The van der Waals surface area contributed by atoms with Crippen molar-refractivity contribution < 1.29 is 28.7 Å². The highest BCUT2D eigenvalue weighted by Crippen LogP contribution is 2.43. The normalized spacial score (nSPS) is 16.1. The Hall–Kier alpha value is -0.546. The van der Waals surface area contributed by atoms with Crippen molar-refractivity contribution in [3.05, 3.63) is 0 Å². The molecule has 0 aliphatic rings. The number of rotatable bonds is 11. The Labute approximate surface area is 166 Å². The van der Waals surface area contributed by atoms with Crippen molar-refractivity contribution in [1.29, 1.82) is 0 Å². The van der Waals surface area contributed by atoms with Gasteiger partial charge in [-0.2, -0.15) is 0 Å². The summed E-state index contributed by atoms with van der Waals surface area (Å²) in [5.41, 5.74) is -1.88. The average Bonchev–Trinajstić information content (AvgIpc) is 2.39. The van der Waals surface area contributed by atoms with E-state index >= 15 is 0 Å². The number of carbonyl (C=O) groups is 2. The fourth-order valence-corrected chi connectivity index (χ4v) is 4.93. The molecule has 0 aromatic carbocycles. The van der Waals surface area contributed by atoms with Crippen molar-refractivity contribution in [3.8, 4) is 0 Å². The summed E-state index contributed by atoms with van der Waals surface area (Å²) >= 11 is 0. The molecule has 0 spiro atoms. The van der Waals surface area contributed by atoms with Crippen molar-refractivity contribution in [2.24, 2.45) is 5.41 Å². The zero-order valence-corrected chi connectivity index (χ0v) is 20.9. The number of carboxylic acid groups (broad SMARTS) is 1. The molecule has 0 aliphatic carbocycles. The van der Waals surface area contributed by atoms with Crippen LogP contribution in [0, 0.1) is 5.41 Å². The van der Waals surface area contributed by atoms with Crippen LogP contribution in [0.2, 0.25) is 37.8 Å². The maximum absolute atomic E-state index is 13.4. The van der Waals surface area contributed by atoms with E-state index in [0.29, 0.717) is 12.8 Å². The molecule has 0 saturated carbocycles. The van der Waals surface area contributed by atoms with Gasteiger partial charge >= 0.3 is 5.97 Å². The van der Waals surface area contributed by atoms with Crippen molar-refractivity contribution >= 4 is 28.4 Å². The first-order valence-electron chi connectivity index (χ1n) is 9.51. The Bertz CT molecular complexity index is 526. The Morgan fingerprint density at radius 1 is 0.926 bits per heavy atom. The average molecular weight is 421 g/mol. The van der Waals surface area contributed by atoms with Gasteiger partial charge in [0.25, 0.3) is 0 Å². The zero-order valence-electron chi connectivity index (χ0n) is 18.9. The number of aliphatic carboxylic acids is 1. The number of ketones is 1. The first kappa shape index (κ1) is 26.5. The smallest absolute Gasteiger partial charge is 0.329 e. The van der Waals surface area contributed by atoms with Gasteiger partial charge in [0.1, 0.15) is 12.2 Å². The van der Waals surface area contributed by atoms with E-state index in [-0.39, 0.29) is 17.4 Å². The molecule has 0 bridgehead atoms. The molecular formula is C19H40O6Si2. The van der Waals surface area contributed by atoms with Crippen LogP contribution in [-0.4, -0.2) is 57.1 Å². The molecule has 2 N–H and O–H groups in total. The number of hydrogen-bond donors (Lipinski definition) is 2. The topological polar surface area (TPSA) is 93.1 Å². The minimum absolute atomic E-state index is 0.0870. The lowest BCUT2D eigenvalue weighted by atomic mass is 9.77. The van der Waals surface area contributed by atoms with Gasteiger partial charge in [0.2, 0.25) is 0 Å². The van der Waals surface area contributed by atoms with Gasteiger partial charge in [-0.1, -0.05) is 34.6 Å². The van der Waals surface area contributed by atoms with E-state index in [1.54, 1.807) is 0 Å². The summed E-state index contributed by atoms with van der Waals surface area (Å²) in [5, 5.41) is 8.61. The summed E-state index contributed by atoms with van der Waals surface area (Å²) in [4.78, 5) is 35.0. The highest BCUT2D eigenvalue weighted by molar-refractivity contribution is 6.72. The Kier molecular flexibility index (Phi) is 8.68. The van der Waals surface area contributed by atoms with Gasteiger partial charge < -0.3 is 19.1 Å². The lowest BCUT2D eigenvalue weighted by Gasteiger charge is -2.44. The van der Waals surface area contributed by atoms with Crippen LogP contribution in [0.25, 0.3) is 0 Å². The fourth-order valence-electron chi connectivity index (χ4n) is 2.77. The summed E-state index contributed by atoms with van der Waals surface area (Å²) < 4.78 is 11.8. The van der Waals surface area contributed by atoms with Crippen LogP contribution in [0.3, 0.4) is 0 Å². The van der Waals surface area contributed by atoms with Gasteiger partial charge in [-0.15, -0.1) is 0 Å². The predicted molar refractivity (Wildman–Crippen MR) is 113 cm³/mol. The van der Waals surface area contributed by atoms with Crippen LogP contribution in [0.15, 0.2) is 0 Å². The number of carbonyl (C=O) groups excluding carboxylic acids is 1. The van der Waals surface area contributed by atoms with E-state index in [9.17, 15) is 14.4 Å². The van der Waals surface area contributed by atoms with E-state index < -0.39 is 40.2 Å². The summed E-state index contributed by atoms with van der Waals surface area (Å²) in [6, 6.07) is 0. The summed E-state index contributed by atoms with van der Waals surface area (Å²) in [5.74, 6) is -1.17. The first-order valence-corrected chi connectivity index (χ1v) is 15.9. The van der Waals surface area contributed by atoms with Crippen molar-refractivity contribution in [1.82, 2.24) is 0 Å². The molecule has 160 valence electrons. The van der Waals surface area contributed by atoms with E-state index in [2.05, 4.69) is 0 Å². The summed E-state index contributed by atoms with van der Waals surface area (Å²) in [6.07, 6.45) is 0.975. The summed E-state index contributed by atoms with van der Waals surface area (Å²) in [6.45, 7) is 18.8. The lowest BCUT2D eigenvalue weighted by Crippen LogP contribution is -2.56. The SMILES string of the molecule is CC(C)(C)C(=O)C(CCC(C)(C)[Si](C)(C)O)(COCC(=O)O)O[Si](C)(C)C. The van der Waals surface area contributed by atoms with Gasteiger partial charge in [-0.05, 0) is 50.6 Å². The van der Waals surface area contributed by atoms with Crippen LogP contribution in [0.5, 0.6) is 0 Å². The van der Waals surface area contributed by atoms with Gasteiger partial charge in [-0.3, -0.25) is 4.79 Å². The summed E-state index contributed by atoms with van der Waals surface area (Å²) in [7, 11) is -4.62. The van der Waals surface area contributed by atoms with Crippen LogP contribution in [0.4, 0.5) is 0 Å². The minimum Gasteiger partial charge on any atom is -0.480 e. The van der Waals surface area contributed by atoms with Gasteiger partial charge in [0.05, 0.1) is 6.61 Å². The molecule has 1 unspecified atom stereocenters.